The van der Waals surface area contributed by atoms with Crippen LogP contribution in [0.3, 0.4) is 0 Å². The van der Waals surface area contributed by atoms with Gasteiger partial charge in [-0.15, -0.1) is 0 Å². The number of piperidine rings is 1. The van der Waals surface area contributed by atoms with Gasteiger partial charge in [-0.2, -0.15) is 5.10 Å². The van der Waals surface area contributed by atoms with E-state index in [1.807, 2.05) is 18.3 Å². The van der Waals surface area contributed by atoms with Crippen LogP contribution in [0, 0.1) is 11.8 Å². The van der Waals surface area contributed by atoms with E-state index >= 15 is 0 Å². The van der Waals surface area contributed by atoms with Crippen molar-refractivity contribution in [1.82, 2.24) is 25.1 Å². The van der Waals surface area contributed by atoms with Gasteiger partial charge in [0.05, 0.1) is 23.1 Å². The molecule has 0 atom stereocenters. The van der Waals surface area contributed by atoms with Crippen LogP contribution >= 0.6 is 0 Å². The highest BCUT2D eigenvalue weighted by atomic mass is 15.1. The topological polar surface area (TPSA) is 69.7 Å². The number of anilines is 1. The Kier molecular flexibility index (Phi) is 5.98. The lowest BCUT2D eigenvalue weighted by molar-refractivity contribution is 0.220. The Balaban J connectivity index is 1.46. The molecule has 3 aromatic rings. The molecule has 0 amide bonds. The molecule has 1 saturated heterocycles. The Morgan fingerprint density at radius 3 is 2.86 bits per heavy atom. The van der Waals surface area contributed by atoms with E-state index in [9.17, 15) is 0 Å². The number of hydrogen-bond acceptors (Lipinski definition) is 5. The number of aromatic nitrogens is 4. The molecule has 0 saturated carbocycles. The first-order valence-electron chi connectivity index (χ1n) is 9.86. The van der Waals surface area contributed by atoms with E-state index < -0.39 is 0 Å². The number of aromatic amines is 1. The second kappa shape index (κ2) is 9.18. The molecule has 1 aliphatic rings. The first-order valence-corrected chi connectivity index (χ1v) is 9.86. The second-order valence-corrected chi connectivity index (χ2v) is 7.16. The SMILES string of the molecule is C=C(Nc1cccnc1)c1n[nH]cc1C#Cc1cncc(CN2CCCCC2)c1. The van der Waals surface area contributed by atoms with Gasteiger partial charge in [-0.3, -0.25) is 20.0 Å². The van der Waals surface area contributed by atoms with E-state index in [-0.39, 0.29) is 0 Å². The van der Waals surface area contributed by atoms with Gasteiger partial charge in [-0.05, 0) is 49.7 Å². The lowest BCUT2D eigenvalue weighted by Gasteiger charge is -2.26. The summed E-state index contributed by atoms with van der Waals surface area (Å²) in [6, 6.07) is 5.91. The zero-order valence-corrected chi connectivity index (χ0v) is 16.4. The van der Waals surface area contributed by atoms with Crippen molar-refractivity contribution in [3.63, 3.8) is 0 Å². The molecule has 0 unspecified atom stereocenters. The van der Waals surface area contributed by atoms with Crippen LogP contribution in [0.25, 0.3) is 5.70 Å². The summed E-state index contributed by atoms with van der Waals surface area (Å²) < 4.78 is 0. The molecule has 0 bridgehead atoms. The number of nitrogens with one attached hydrogen (secondary N) is 2. The third-order valence-electron chi connectivity index (χ3n) is 4.87. The van der Waals surface area contributed by atoms with Crippen molar-refractivity contribution in [2.45, 2.75) is 25.8 Å². The molecule has 0 spiro atoms. The number of pyridine rings is 2. The minimum absolute atomic E-state index is 0.667. The van der Waals surface area contributed by atoms with Gasteiger partial charge < -0.3 is 5.32 Å². The summed E-state index contributed by atoms with van der Waals surface area (Å²) in [7, 11) is 0. The molecule has 4 heterocycles. The monoisotopic (exact) mass is 384 g/mol. The molecule has 1 aliphatic heterocycles. The Labute approximate surface area is 171 Å². The summed E-state index contributed by atoms with van der Waals surface area (Å²) in [6.45, 7) is 7.35. The van der Waals surface area contributed by atoms with Gasteiger partial charge in [-0.25, -0.2) is 0 Å². The summed E-state index contributed by atoms with van der Waals surface area (Å²) in [6.07, 6.45) is 12.9. The first-order chi connectivity index (χ1) is 14.3. The molecule has 0 aliphatic carbocycles. The predicted molar refractivity (Wildman–Crippen MR) is 115 cm³/mol. The smallest absolute Gasteiger partial charge is 0.123 e. The summed E-state index contributed by atoms with van der Waals surface area (Å²) in [5.74, 6) is 6.40. The van der Waals surface area contributed by atoms with Gasteiger partial charge in [0.15, 0.2) is 0 Å². The second-order valence-electron chi connectivity index (χ2n) is 7.16. The van der Waals surface area contributed by atoms with Gasteiger partial charge in [0, 0.05) is 36.9 Å². The predicted octanol–water partition coefficient (Wildman–Crippen LogP) is 3.67. The Bertz CT molecular complexity index is 1020. The van der Waals surface area contributed by atoms with Crippen molar-refractivity contribution < 1.29 is 0 Å². The van der Waals surface area contributed by atoms with E-state index in [0.29, 0.717) is 11.4 Å². The number of nitrogens with zero attached hydrogens (tertiary/aromatic N) is 4. The Morgan fingerprint density at radius 2 is 2.03 bits per heavy atom. The summed E-state index contributed by atoms with van der Waals surface area (Å²) >= 11 is 0. The van der Waals surface area contributed by atoms with Crippen molar-refractivity contribution in [3.05, 3.63) is 78.1 Å². The Morgan fingerprint density at radius 1 is 1.14 bits per heavy atom. The fourth-order valence-electron chi connectivity index (χ4n) is 3.44. The van der Waals surface area contributed by atoms with Crippen LogP contribution in [0.5, 0.6) is 0 Å². The standard InChI is InChI=1S/C23H24N6/c1-18(27-22-6-5-9-24-16-22)23-21(15-26-28-23)8-7-19-12-20(14-25-13-19)17-29-10-3-2-4-11-29/h5-6,9,12-16,27H,1-4,10-11,17H2,(H,26,28). The molecule has 0 aromatic carbocycles. The van der Waals surface area contributed by atoms with Crippen molar-refractivity contribution in [2.24, 2.45) is 0 Å². The van der Waals surface area contributed by atoms with E-state index in [4.69, 9.17) is 0 Å². The molecule has 6 heteroatoms. The maximum absolute atomic E-state index is 4.37. The molecular weight excluding hydrogens is 360 g/mol. The van der Waals surface area contributed by atoms with Crippen molar-refractivity contribution >= 4 is 11.4 Å². The van der Waals surface area contributed by atoms with Crippen molar-refractivity contribution in [3.8, 4) is 11.8 Å². The fraction of sp³-hybridized carbons (Fsp3) is 0.261. The van der Waals surface area contributed by atoms with Crippen LogP contribution in [0.2, 0.25) is 0 Å². The highest BCUT2D eigenvalue weighted by Gasteiger charge is 2.11. The molecular formula is C23H24N6. The average Bonchev–Trinajstić information content (AvgIpc) is 3.23. The zero-order chi connectivity index (χ0) is 19.9. The van der Waals surface area contributed by atoms with Crippen LogP contribution in [-0.2, 0) is 6.54 Å². The molecule has 1 fully saturated rings. The normalized spacial score (nSPS) is 14.1. The van der Waals surface area contributed by atoms with Gasteiger partial charge >= 0.3 is 0 Å². The van der Waals surface area contributed by atoms with Gasteiger partial charge in [-0.1, -0.05) is 24.8 Å². The number of H-pyrrole nitrogens is 1. The molecule has 6 nitrogen and oxygen atoms in total. The third kappa shape index (κ3) is 5.09. The maximum atomic E-state index is 4.37. The minimum atomic E-state index is 0.667. The summed E-state index contributed by atoms with van der Waals surface area (Å²) in [5.41, 5.74) is 5.10. The maximum Gasteiger partial charge on any atom is 0.123 e. The van der Waals surface area contributed by atoms with Crippen LogP contribution in [0.1, 0.15) is 41.6 Å². The van der Waals surface area contributed by atoms with Crippen LogP contribution in [0.4, 0.5) is 5.69 Å². The number of likely N-dealkylation sites (tertiary alicyclic amines) is 1. The van der Waals surface area contributed by atoms with Gasteiger partial charge in [0.25, 0.3) is 0 Å². The van der Waals surface area contributed by atoms with E-state index in [1.54, 1.807) is 24.8 Å². The van der Waals surface area contributed by atoms with Crippen LogP contribution < -0.4 is 5.32 Å². The lowest BCUT2D eigenvalue weighted by Crippen LogP contribution is -2.29. The molecule has 4 rings (SSSR count). The van der Waals surface area contributed by atoms with Gasteiger partial charge in [0.2, 0.25) is 0 Å². The zero-order valence-electron chi connectivity index (χ0n) is 16.4. The largest absolute Gasteiger partial charge is 0.353 e. The first kappa shape index (κ1) is 18.9. The third-order valence-corrected chi connectivity index (χ3v) is 4.87. The fourth-order valence-corrected chi connectivity index (χ4v) is 3.44. The molecule has 3 aromatic heterocycles. The van der Waals surface area contributed by atoms with Crippen LogP contribution in [0.15, 0.2) is 55.8 Å². The van der Waals surface area contributed by atoms with Crippen molar-refractivity contribution in [1.29, 1.82) is 0 Å². The highest BCUT2D eigenvalue weighted by molar-refractivity contribution is 5.76. The van der Waals surface area contributed by atoms with Crippen LogP contribution in [-0.4, -0.2) is 38.2 Å². The van der Waals surface area contributed by atoms with Crippen molar-refractivity contribution in [2.75, 3.05) is 18.4 Å². The quantitative estimate of drug-likeness (QED) is 0.657. The summed E-state index contributed by atoms with van der Waals surface area (Å²) in [4.78, 5) is 11.0. The summed E-state index contributed by atoms with van der Waals surface area (Å²) in [5, 5.41) is 10.4. The number of hydrogen-bond donors (Lipinski definition) is 2. The van der Waals surface area contributed by atoms with E-state index in [1.165, 1.54) is 37.9 Å². The lowest BCUT2D eigenvalue weighted by atomic mass is 10.1. The molecule has 146 valence electrons. The number of rotatable bonds is 5. The highest BCUT2D eigenvalue weighted by Crippen LogP contribution is 2.17. The van der Waals surface area contributed by atoms with E-state index in [0.717, 1.165) is 23.4 Å². The minimum Gasteiger partial charge on any atom is -0.353 e. The van der Waals surface area contributed by atoms with E-state index in [2.05, 4.69) is 54.9 Å². The van der Waals surface area contributed by atoms with Gasteiger partial charge in [0.1, 0.15) is 5.69 Å². The molecule has 0 radical (unpaired) electrons. The Hall–Kier alpha value is -3.43. The molecule has 2 N–H and O–H groups in total. The average molecular weight is 384 g/mol. The molecule has 29 heavy (non-hydrogen) atoms.